The Kier molecular flexibility index (Phi) is 2.63. The van der Waals surface area contributed by atoms with E-state index in [1.165, 1.54) is 12.3 Å². The molecular weight excluding hydrogens is 369 g/mol. The van der Waals surface area contributed by atoms with E-state index in [4.69, 9.17) is 5.26 Å². The number of nitrogens with zero attached hydrogens (tertiary/aromatic N) is 1. The summed E-state index contributed by atoms with van der Waals surface area (Å²) in [4.78, 5) is 2.77. The predicted octanol–water partition coefficient (Wildman–Crippen LogP) is 3.48. The Bertz CT molecular complexity index is 706. The minimum Gasteiger partial charge on any atom is -0.395 e. The van der Waals surface area contributed by atoms with Crippen molar-refractivity contribution in [3.8, 4) is 28.7 Å². The molecule has 1 N–H and O–H groups in total. The van der Waals surface area contributed by atoms with Gasteiger partial charge in [0.1, 0.15) is 6.07 Å². The maximum Gasteiger partial charge on any atom is 0.586 e. The third-order valence-corrected chi connectivity index (χ3v) is 3.25. The largest absolute Gasteiger partial charge is 0.586 e. The Balaban J connectivity index is 2.22. The third-order valence-electron chi connectivity index (χ3n) is 2.63. The lowest BCUT2D eigenvalue weighted by molar-refractivity contribution is -0.286. The van der Waals surface area contributed by atoms with Crippen molar-refractivity contribution >= 4 is 22.6 Å². The number of hydrogen-bond acceptors (Lipinski definition) is 3. The fourth-order valence-electron chi connectivity index (χ4n) is 1.90. The van der Waals surface area contributed by atoms with E-state index in [0.29, 0.717) is 20.3 Å². The zero-order chi connectivity index (χ0) is 13.6. The van der Waals surface area contributed by atoms with Crippen LogP contribution >= 0.6 is 22.6 Å². The standard InChI is InChI=1S/C12H5F2IN2O2/c13-12(14)18-10-2-7(15)1-8(11(10)19-12)9-5-17-4-6(9)3-16/h1-2,4-5,17H. The molecule has 0 bridgehead atoms. The molecule has 0 saturated heterocycles. The van der Waals surface area contributed by atoms with Gasteiger partial charge in [-0.1, -0.05) is 0 Å². The number of benzene rings is 1. The number of fused-ring (bicyclic) bond motifs is 1. The average molecular weight is 374 g/mol. The molecule has 7 heteroatoms. The maximum absolute atomic E-state index is 13.2. The van der Waals surface area contributed by atoms with Gasteiger partial charge in [-0.3, -0.25) is 0 Å². The van der Waals surface area contributed by atoms with E-state index >= 15 is 0 Å². The number of ether oxygens (including phenoxy) is 2. The summed E-state index contributed by atoms with van der Waals surface area (Å²) in [6, 6.07) is 5.11. The van der Waals surface area contributed by atoms with Gasteiger partial charge in [0, 0.05) is 27.1 Å². The Labute approximate surface area is 120 Å². The van der Waals surface area contributed by atoms with Gasteiger partial charge in [0.05, 0.1) is 5.56 Å². The molecule has 4 nitrogen and oxygen atoms in total. The first kappa shape index (κ1) is 12.2. The molecular formula is C12H5F2IN2O2. The van der Waals surface area contributed by atoms with Gasteiger partial charge in [-0.25, -0.2) is 0 Å². The molecule has 0 spiro atoms. The fourth-order valence-corrected chi connectivity index (χ4v) is 2.49. The predicted molar refractivity (Wildman–Crippen MR) is 69.9 cm³/mol. The van der Waals surface area contributed by atoms with Crippen LogP contribution in [-0.2, 0) is 0 Å². The lowest BCUT2D eigenvalue weighted by atomic mass is 10.0. The van der Waals surface area contributed by atoms with Crippen molar-refractivity contribution in [2.75, 3.05) is 0 Å². The summed E-state index contributed by atoms with van der Waals surface area (Å²) in [7, 11) is 0. The summed E-state index contributed by atoms with van der Waals surface area (Å²) in [6.45, 7) is 0. The molecule has 2 aromatic rings. The highest BCUT2D eigenvalue weighted by atomic mass is 127. The smallest absolute Gasteiger partial charge is 0.395 e. The minimum atomic E-state index is -3.68. The normalized spacial score (nSPS) is 15.3. The number of rotatable bonds is 1. The van der Waals surface area contributed by atoms with E-state index in [1.807, 2.05) is 28.7 Å². The van der Waals surface area contributed by atoms with Gasteiger partial charge in [-0.2, -0.15) is 5.26 Å². The molecule has 1 aromatic heterocycles. The molecule has 0 fully saturated rings. The molecule has 0 saturated carbocycles. The van der Waals surface area contributed by atoms with E-state index in [9.17, 15) is 8.78 Å². The quantitative estimate of drug-likeness (QED) is 0.778. The van der Waals surface area contributed by atoms with Crippen LogP contribution in [0.3, 0.4) is 0 Å². The summed E-state index contributed by atoms with van der Waals surface area (Å²) < 4.78 is 36.0. The molecule has 2 heterocycles. The van der Waals surface area contributed by atoms with Gasteiger partial charge >= 0.3 is 6.29 Å². The number of aromatic amines is 1. The van der Waals surface area contributed by atoms with Crippen LogP contribution in [-0.4, -0.2) is 11.3 Å². The molecule has 0 aliphatic carbocycles. The second kappa shape index (κ2) is 4.09. The van der Waals surface area contributed by atoms with E-state index < -0.39 is 6.29 Å². The number of nitrogens with one attached hydrogen (secondary N) is 1. The molecule has 0 amide bonds. The monoisotopic (exact) mass is 374 g/mol. The second-order valence-electron chi connectivity index (χ2n) is 3.84. The molecule has 1 aromatic carbocycles. The van der Waals surface area contributed by atoms with Gasteiger partial charge in [0.25, 0.3) is 0 Å². The van der Waals surface area contributed by atoms with Crippen LogP contribution in [0.4, 0.5) is 8.78 Å². The zero-order valence-electron chi connectivity index (χ0n) is 9.21. The second-order valence-corrected chi connectivity index (χ2v) is 5.09. The van der Waals surface area contributed by atoms with Crippen LogP contribution in [0.15, 0.2) is 24.5 Å². The summed E-state index contributed by atoms with van der Waals surface area (Å²) in [5, 5.41) is 9.00. The Morgan fingerprint density at radius 2 is 2.00 bits per heavy atom. The molecule has 0 radical (unpaired) electrons. The number of aromatic nitrogens is 1. The van der Waals surface area contributed by atoms with E-state index in [2.05, 4.69) is 14.5 Å². The van der Waals surface area contributed by atoms with Crippen molar-refractivity contribution in [3.05, 3.63) is 33.7 Å². The van der Waals surface area contributed by atoms with Gasteiger partial charge in [0.15, 0.2) is 11.5 Å². The first-order valence-electron chi connectivity index (χ1n) is 5.17. The van der Waals surface area contributed by atoms with E-state index in [1.54, 1.807) is 12.3 Å². The summed E-state index contributed by atoms with van der Waals surface area (Å²) >= 11 is 1.99. The summed E-state index contributed by atoms with van der Waals surface area (Å²) in [5.74, 6) is -0.0847. The number of hydrogen-bond donors (Lipinski definition) is 1. The lowest BCUT2D eigenvalue weighted by Gasteiger charge is -2.06. The SMILES string of the molecule is N#Cc1c[nH]cc1-c1cc(I)cc2c1OC(F)(F)O2. The van der Waals surface area contributed by atoms with Crippen LogP contribution in [0.2, 0.25) is 0 Å². The van der Waals surface area contributed by atoms with Crippen molar-refractivity contribution in [1.29, 1.82) is 5.26 Å². The van der Waals surface area contributed by atoms with Gasteiger partial charge < -0.3 is 14.5 Å². The van der Waals surface area contributed by atoms with Crippen LogP contribution < -0.4 is 9.47 Å². The topological polar surface area (TPSA) is 58.0 Å². The van der Waals surface area contributed by atoms with Crippen molar-refractivity contribution in [2.24, 2.45) is 0 Å². The number of nitriles is 1. The van der Waals surface area contributed by atoms with Crippen molar-refractivity contribution < 1.29 is 18.3 Å². The lowest BCUT2D eigenvalue weighted by Crippen LogP contribution is -2.26. The molecule has 1 aliphatic heterocycles. The molecule has 0 unspecified atom stereocenters. The third kappa shape index (κ3) is 2.02. The first-order valence-corrected chi connectivity index (χ1v) is 6.25. The Morgan fingerprint density at radius 3 is 2.74 bits per heavy atom. The number of alkyl halides is 2. The average Bonchev–Trinajstić information content (AvgIpc) is 2.89. The Hall–Kier alpha value is -1.82. The van der Waals surface area contributed by atoms with Crippen molar-refractivity contribution in [2.45, 2.75) is 6.29 Å². The summed E-state index contributed by atoms with van der Waals surface area (Å²) in [6.07, 6.45) is -0.621. The van der Waals surface area contributed by atoms with Gasteiger partial charge in [-0.05, 0) is 34.7 Å². The number of halogens is 3. The molecule has 3 rings (SSSR count). The molecule has 96 valence electrons. The first-order chi connectivity index (χ1) is 9.00. The van der Waals surface area contributed by atoms with E-state index in [0.717, 1.165) is 0 Å². The fraction of sp³-hybridized carbons (Fsp3) is 0.0833. The van der Waals surface area contributed by atoms with Crippen LogP contribution in [0.5, 0.6) is 11.5 Å². The highest BCUT2D eigenvalue weighted by Gasteiger charge is 2.45. The summed E-state index contributed by atoms with van der Waals surface area (Å²) in [5.41, 5.74) is 1.25. The van der Waals surface area contributed by atoms with Crippen LogP contribution in [0.25, 0.3) is 11.1 Å². The maximum atomic E-state index is 13.2. The highest BCUT2D eigenvalue weighted by molar-refractivity contribution is 14.1. The van der Waals surface area contributed by atoms with Crippen LogP contribution in [0.1, 0.15) is 5.56 Å². The van der Waals surface area contributed by atoms with Crippen molar-refractivity contribution in [3.63, 3.8) is 0 Å². The van der Waals surface area contributed by atoms with Gasteiger partial charge in [0.2, 0.25) is 0 Å². The van der Waals surface area contributed by atoms with Gasteiger partial charge in [-0.15, -0.1) is 8.78 Å². The molecule has 1 aliphatic rings. The Morgan fingerprint density at radius 1 is 1.21 bits per heavy atom. The van der Waals surface area contributed by atoms with Crippen molar-refractivity contribution in [1.82, 2.24) is 4.98 Å². The number of H-pyrrole nitrogens is 1. The highest BCUT2D eigenvalue weighted by Crippen LogP contribution is 2.48. The zero-order valence-corrected chi connectivity index (χ0v) is 11.4. The van der Waals surface area contributed by atoms with E-state index in [-0.39, 0.29) is 11.5 Å². The molecule has 0 atom stereocenters. The van der Waals surface area contributed by atoms with Crippen LogP contribution in [0, 0.1) is 14.9 Å². The molecule has 19 heavy (non-hydrogen) atoms. The minimum absolute atomic E-state index is 0.0306.